The van der Waals surface area contributed by atoms with Gasteiger partial charge in [-0.2, -0.15) is 0 Å². The number of carbonyl (C=O) groups is 1. The van der Waals surface area contributed by atoms with Gasteiger partial charge in [0.15, 0.2) is 0 Å². The average Bonchev–Trinajstić information content (AvgIpc) is 2.78. The summed E-state index contributed by atoms with van der Waals surface area (Å²) in [5.41, 5.74) is 4.92. The van der Waals surface area contributed by atoms with Crippen molar-refractivity contribution in [1.29, 1.82) is 0 Å². The second-order valence-corrected chi connectivity index (χ2v) is 5.49. The molecule has 112 valence electrons. The van der Waals surface area contributed by atoms with Gasteiger partial charge in [0.2, 0.25) is 0 Å². The summed E-state index contributed by atoms with van der Waals surface area (Å²) in [5, 5.41) is 6.86. The number of rotatable bonds is 3. The Balaban J connectivity index is 2.07. The molecule has 0 fully saturated rings. The summed E-state index contributed by atoms with van der Waals surface area (Å²) in [6.07, 6.45) is 0. The molecule has 0 bridgehead atoms. The van der Waals surface area contributed by atoms with Crippen molar-refractivity contribution < 1.29 is 9.32 Å². The zero-order valence-corrected chi connectivity index (χ0v) is 13.2. The third kappa shape index (κ3) is 3.62. The fourth-order valence-corrected chi connectivity index (χ4v) is 2.39. The Labute approximate surface area is 124 Å². The molecule has 2 rings (SSSR count). The number of carbonyl (C=O) groups excluding carboxylic acids is 1. The lowest BCUT2D eigenvalue weighted by Gasteiger charge is -2.19. The van der Waals surface area contributed by atoms with Gasteiger partial charge in [0.25, 0.3) is 0 Å². The molecule has 1 heterocycles. The molecule has 0 aliphatic rings. The summed E-state index contributed by atoms with van der Waals surface area (Å²) < 4.78 is 5.01. The van der Waals surface area contributed by atoms with Crippen LogP contribution in [0.1, 0.15) is 28.1 Å². The molecule has 0 radical (unpaired) electrons. The number of amides is 2. The van der Waals surface area contributed by atoms with E-state index in [1.54, 1.807) is 11.9 Å². The SMILES string of the molecule is Cc1cc(C)c(NC(=O)N(C)Cc2cc(C)on2)c(C)c1. The largest absolute Gasteiger partial charge is 0.361 e. The van der Waals surface area contributed by atoms with Crippen LogP contribution in [0.4, 0.5) is 10.5 Å². The van der Waals surface area contributed by atoms with E-state index in [0.29, 0.717) is 6.54 Å². The molecular weight excluding hydrogens is 266 g/mol. The van der Waals surface area contributed by atoms with Crippen molar-refractivity contribution in [3.63, 3.8) is 0 Å². The van der Waals surface area contributed by atoms with Crippen molar-refractivity contribution in [2.24, 2.45) is 0 Å². The van der Waals surface area contributed by atoms with Gasteiger partial charge in [-0.15, -0.1) is 0 Å². The van der Waals surface area contributed by atoms with Gasteiger partial charge in [0.1, 0.15) is 11.5 Å². The molecule has 1 N–H and O–H groups in total. The van der Waals surface area contributed by atoms with Crippen LogP contribution in [0.15, 0.2) is 22.7 Å². The van der Waals surface area contributed by atoms with Crippen molar-refractivity contribution in [3.8, 4) is 0 Å². The first-order valence-electron chi connectivity index (χ1n) is 6.89. The maximum atomic E-state index is 12.3. The number of nitrogens with zero attached hydrogens (tertiary/aromatic N) is 2. The summed E-state index contributed by atoms with van der Waals surface area (Å²) >= 11 is 0. The highest BCUT2D eigenvalue weighted by Crippen LogP contribution is 2.22. The molecule has 0 saturated heterocycles. The van der Waals surface area contributed by atoms with E-state index in [1.165, 1.54) is 5.56 Å². The van der Waals surface area contributed by atoms with Crippen LogP contribution in [0.5, 0.6) is 0 Å². The molecule has 2 aromatic rings. The Morgan fingerprint density at radius 2 is 1.81 bits per heavy atom. The molecule has 5 nitrogen and oxygen atoms in total. The van der Waals surface area contributed by atoms with Gasteiger partial charge in [-0.3, -0.25) is 0 Å². The molecule has 5 heteroatoms. The highest BCUT2D eigenvalue weighted by Gasteiger charge is 2.14. The van der Waals surface area contributed by atoms with Gasteiger partial charge in [0, 0.05) is 18.8 Å². The Bertz CT molecular complexity index is 638. The van der Waals surface area contributed by atoms with Crippen molar-refractivity contribution in [2.75, 3.05) is 12.4 Å². The molecule has 0 aliphatic carbocycles. The summed E-state index contributed by atoms with van der Waals surface area (Å²) in [6, 6.07) is 5.78. The van der Waals surface area contributed by atoms with E-state index in [-0.39, 0.29) is 6.03 Å². The topological polar surface area (TPSA) is 58.4 Å². The zero-order chi connectivity index (χ0) is 15.6. The summed E-state index contributed by atoms with van der Waals surface area (Å²) in [4.78, 5) is 13.8. The smallest absolute Gasteiger partial charge is 0.321 e. The number of nitrogens with one attached hydrogen (secondary N) is 1. The van der Waals surface area contributed by atoms with Crippen LogP contribution in [0.3, 0.4) is 0 Å². The van der Waals surface area contributed by atoms with E-state index in [2.05, 4.69) is 22.6 Å². The molecule has 21 heavy (non-hydrogen) atoms. The number of aromatic nitrogens is 1. The minimum atomic E-state index is -0.161. The number of anilines is 1. The van der Waals surface area contributed by atoms with Gasteiger partial charge in [-0.1, -0.05) is 22.9 Å². The standard InChI is InChI=1S/C16H21N3O2/c1-10-6-11(2)15(12(3)7-10)17-16(20)19(5)9-14-8-13(4)21-18-14/h6-8H,9H2,1-5H3,(H,17,20). The van der Waals surface area contributed by atoms with Crippen LogP contribution in [0.25, 0.3) is 0 Å². The maximum Gasteiger partial charge on any atom is 0.321 e. The second kappa shape index (κ2) is 5.99. The van der Waals surface area contributed by atoms with Crippen LogP contribution in [-0.4, -0.2) is 23.1 Å². The normalized spacial score (nSPS) is 10.5. The van der Waals surface area contributed by atoms with Crippen LogP contribution in [0, 0.1) is 27.7 Å². The first-order chi connectivity index (χ1) is 9.86. The lowest BCUT2D eigenvalue weighted by atomic mass is 10.1. The van der Waals surface area contributed by atoms with E-state index in [9.17, 15) is 4.79 Å². The number of benzene rings is 1. The monoisotopic (exact) mass is 287 g/mol. The van der Waals surface area contributed by atoms with E-state index in [1.807, 2.05) is 33.8 Å². The first-order valence-corrected chi connectivity index (χ1v) is 6.89. The lowest BCUT2D eigenvalue weighted by molar-refractivity contribution is 0.219. The van der Waals surface area contributed by atoms with E-state index < -0.39 is 0 Å². The highest BCUT2D eigenvalue weighted by atomic mass is 16.5. The number of hydrogen-bond donors (Lipinski definition) is 1. The number of urea groups is 1. The average molecular weight is 287 g/mol. The van der Waals surface area contributed by atoms with Crippen molar-refractivity contribution in [3.05, 3.63) is 46.3 Å². The van der Waals surface area contributed by atoms with Crippen LogP contribution in [0.2, 0.25) is 0 Å². The predicted molar refractivity (Wildman–Crippen MR) is 82.4 cm³/mol. The molecular formula is C16H21N3O2. The first kappa shape index (κ1) is 15.1. The van der Waals surface area contributed by atoms with Gasteiger partial charge >= 0.3 is 6.03 Å². The van der Waals surface area contributed by atoms with E-state index in [0.717, 1.165) is 28.3 Å². The van der Waals surface area contributed by atoms with Gasteiger partial charge in [-0.25, -0.2) is 4.79 Å². The summed E-state index contributed by atoms with van der Waals surface area (Å²) in [6.45, 7) is 8.28. The zero-order valence-electron chi connectivity index (χ0n) is 13.2. The summed E-state index contributed by atoms with van der Waals surface area (Å²) in [5.74, 6) is 0.740. The molecule has 2 amide bonds. The third-order valence-corrected chi connectivity index (χ3v) is 3.33. The summed E-state index contributed by atoms with van der Waals surface area (Å²) in [7, 11) is 1.73. The van der Waals surface area contributed by atoms with Gasteiger partial charge in [-0.05, 0) is 38.8 Å². The van der Waals surface area contributed by atoms with Crippen molar-refractivity contribution >= 4 is 11.7 Å². The Morgan fingerprint density at radius 1 is 1.19 bits per heavy atom. The predicted octanol–water partition coefficient (Wildman–Crippen LogP) is 3.57. The second-order valence-electron chi connectivity index (χ2n) is 5.49. The van der Waals surface area contributed by atoms with Crippen molar-refractivity contribution in [1.82, 2.24) is 10.1 Å². The maximum absolute atomic E-state index is 12.3. The number of aryl methyl sites for hydroxylation is 4. The molecule has 0 spiro atoms. The molecule has 1 aromatic heterocycles. The Kier molecular flexibility index (Phi) is 4.31. The molecule has 0 saturated carbocycles. The highest BCUT2D eigenvalue weighted by molar-refractivity contribution is 5.90. The van der Waals surface area contributed by atoms with Crippen LogP contribution < -0.4 is 5.32 Å². The lowest BCUT2D eigenvalue weighted by Crippen LogP contribution is -2.31. The minimum Gasteiger partial charge on any atom is -0.361 e. The van der Waals surface area contributed by atoms with Crippen molar-refractivity contribution in [2.45, 2.75) is 34.2 Å². The quantitative estimate of drug-likeness (QED) is 0.938. The van der Waals surface area contributed by atoms with Gasteiger partial charge < -0.3 is 14.7 Å². The number of hydrogen-bond acceptors (Lipinski definition) is 3. The molecule has 0 atom stereocenters. The van der Waals surface area contributed by atoms with E-state index in [4.69, 9.17) is 4.52 Å². The minimum absolute atomic E-state index is 0.161. The van der Waals surface area contributed by atoms with Crippen LogP contribution >= 0.6 is 0 Å². The molecule has 1 aromatic carbocycles. The molecule has 0 unspecified atom stereocenters. The third-order valence-electron chi connectivity index (χ3n) is 3.33. The fourth-order valence-electron chi connectivity index (χ4n) is 2.39. The van der Waals surface area contributed by atoms with Gasteiger partial charge in [0.05, 0.1) is 6.54 Å². The molecule has 0 aliphatic heterocycles. The fraction of sp³-hybridized carbons (Fsp3) is 0.375. The van der Waals surface area contributed by atoms with E-state index >= 15 is 0 Å². The Morgan fingerprint density at radius 3 is 2.33 bits per heavy atom. The van der Waals surface area contributed by atoms with Crippen LogP contribution in [-0.2, 0) is 6.54 Å². The Hall–Kier alpha value is -2.30.